The second-order valence-electron chi connectivity index (χ2n) is 9.81. The van der Waals surface area contributed by atoms with E-state index in [1.54, 1.807) is 26.0 Å². The van der Waals surface area contributed by atoms with Crippen molar-refractivity contribution in [3.05, 3.63) is 63.0 Å². The van der Waals surface area contributed by atoms with Crippen LogP contribution >= 0.6 is 11.6 Å². The van der Waals surface area contributed by atoms with Gasteiger partial charge in [0.15, 0.2) is 17.2 Å². The predicted molar refractivity (Wildman–Crippen MR) is 143 cm³/mol. The third kappa shape index (κ3) is 3.66. The molecule has 40 heavy (non-hydrogen) atoms. The van der Waals surface area contributed by atoms with Gasteiger partial charge in [-0.15, -0.1) is 0 Å². The van der Waals surface area contributed by atoms with Crippen LogP contribution in [0.3, 0.4) is 0 Å². The van der Waals surface area contributed by atoms with Crippen LogP contribution in [0.5, 0.6) is 28.7 Å². The zero-order chi connectivity index (χ0) is 29.1. The molecule has 1 aliphatic carbocycles. The number of hydrogen-bond donors (Lipinski definition) is 2. The van der Waals surface area contributed by atoms with E-state index in [4.69, 9.17) is 35.3 Å². The van der Waals surface area contributed by atoms with E-state index < -0.39 is 35.0 Å². The minimum absolute atomic E-state index is 0.00125. The van der Waals surface area contributed by atoms with Gasteiger partial charge in [-0.3, -0.25) is 9.59 Å². The van der Waals surface area contributed by atoms with E-state index >= 15 is 0 Å². The van der Waals surface area contributed by atoms with Crippen LogP contribution in [-0.2, 0) is 14.3 Å². The van der Waals surface area contributed by atoms with E-state index in [1.165, 1.54) is 40.6 Å². The third-order valence-electron chi connectivity index (χ3n) is 7.79. The Labute approximate surface area is 235 Å². The molecule has 0 saturated heterocycles. The van der Waals surface area contributed by atoms with Gasteiger partial charge in [0.05, 0.1) is 34.0 Å². The van der Waals surface area contributed by atoms with Crippen molar-refractivity contribution in [2.75, 3.05) is 28.4 Å². The first kappa shape index (κ1) is 27.4. The number of carbonyl (C=O) groups excluding carboxylic acids is 3. The van der Waals surface area contributed by atoms with Gasteiger partial charge in [0.25, 0.3) is 0 Å². The number of dihydropyridines is 1. The molecule has 2 aromatic rings. The van der Waals surface area contributed by atoms with Crippen LogP contribution in [0.1, 0.15) is 42.1 Å². The molecule has 10 nitrogen and oxygen atoms in total. The summed E-state index contributed by atoms with van der Waals surface area (Å²) in [4.78, 5) is 42.0. The Morgan fingerprint density at radius 3 is 2.35 bits per heavy atom. The number of phenolic OH excluding ortho intramolecular Hbond substituents is 1. The number of nitrogens with one attached hydrogen (secondary N) is 1. The van der Waals surface area contributed by atoms with Gasteiger partial charge in [0.2, 0.25) is 17.2 Å². The standard InChI is InChI=1S/C29H28ClNO9/c1-12-9-15-22(21(20(13(2)31-15)28(35)39-6)14-7-8-16(32)17(10-14)36-3)26(33)29(12)27(34)23-18(37-4)11-19(38-5)24(30)25(23)40-29/h7-8,10-12,21,31-32H,9H2,1-6H3/t12-,21+,29+/m1/s1. The molecule has 210 valence electrons. The van der Waals surface area contributed by atoms with Crippen LogP contribution in [-0.4, -0.2) is 56.7 Å². The van der Waals surface area contributed by atoms with Crippen LogP contribution in [0.15, 0.2) is 46.8 Å². The molecular formula is C29H28ClNO9. The number of allylic oxidation sites excluding steroid dienone is 2. The maximum atomic E-state index is 14.7. The van der Waals surface area contributed by atoms with E-state index in [0.717, 1.165) is 0 Å². The highest BCUT2D eigenvalue weighted by Gasteiger charge is 2.63. The van der Waals surface area contributed by atoms with Crippen molar-refractivity contribution >= 4 is 29.1 Å². The fourth-order valence-electron chi connectivity index (χ4n) is 5.86. The molecule has 0 saturated carbocycles. The normalized spacial score (nSPS) is 23.4. The summed E-state index contributed by atoms with van der Waals surface area (Å²) in [6.07, 6.45) is 0.245. The number of Topliss-reactive ketones (excluding diaryl/α,β-unsaturated/α-hetero) is 2. The Kier molecular flexibility index (Phi) is 6.70. The molecule has 5 rings (SSSR count). The van der Waals surface area contributed by atoms with E-state index in [-0.39, 0.29) is 56.9 Å². The van der Waals surface area contributed by atoms with Crippen LogP contribution in [0.2, 0.25) is 5.02 Å². The molecule has 2 aromatic carbocycles. The maximum absolute atomic E-state index is 14.7. The van der Waals surface area contributed by atoms with Gasteiger partial charge in [0.1, 0.15) is 22.1 Å². The van der Waals surface area contributed by atoms with Crippen molar-refractivity contribution in [3.8, 4) is 28.7 Å². The summed E-state index contributed by atoms with van der Waals surface area (Å²) in [6, 6.07) is 6.01. The fraction of sp³-hybridized carbons (Fsp3) is 0.345. The number of rotatable bonds is 5. The van der Waals surface area contributed by atoms with Crippen molar-refractivity contribution in [2.45, 2.75) is 31.8 Å². The number of ketones is 2. The van der Waals surface area contributed by atoms with E-state index in [2.05, 4.69) is 5.32 Å². The molecule has 3 aliphatic rings. The highest BCUT2D eigenvalue weighted by atomic mass is 35.5. The highest BCUT2D eigenvalue weighted by Crippen LogP contribution is 2.56. The molecule has 0 fully saturated rings. The van der Waals surface area contributed by atoms with Gasteiger partial charge in [-0.2, -0.15) is 0 Å². The predicted octanol–water partition coefficient (Wildman–Crippen LogP) is 4.08. The number of esters is 1. The smallest absolute Gasteiger partial charge is 0.336 e. The van der Waals surface area contributed by atoms with Crippen LogP contribution in [0.4, 0.5) is 0 Å². The Hall–Kier alpha value is -4.18. The molecular weight excluding hydrogens is 542 g/mol. The summed E-state index contributed by atoms with van der Waals surface area (Å²) in [6.45, 7) is 3.46. The molecule has 2 aliphatic heterocycles. The second-order valence-corrected chi connectivity index (χ2v) is 10.2. The number of aromatic hydroxyl groups is 1. The highest BCUT2D eigenvalue weighted by molar-refractivity contribution is 6.36. The van der Waals surface area contributed by atoms with Crippen LogP contribution < -0.4 is 24.3 Å². The number of phenols is 1. The number of ether oxygens (including phenoxy) is 5. The molecule has 2 N–H and O–H groups in total. The number of hydrogen-bond acceptors (Lipinski definition) is 10. The number of methoxy groups -OCH3 is 4. The first-order valence-electron chi connectivity index (χ1n) is 12.4. The van der Waals surface area contributed by atoms with Crippen molar-refractivity contribution in [1.82, 2.24) is 5.32 Å². The number of benzene rings is 2. The quantitative estimate of drug-likeness (QED) is 0.401. The lowest BCUT2D eigenvalue weighted by Gasteiger charge is -2.42. The summed E-state index contributed by atoms with van der Waals surface area (Å²) >= 11 is 6.56. The van der Waals surface area contributed by atoms with Gasteiger partial charge >= 0.3 is 5.97 Å². The third-order valence-corrected chi connectivity index (χ3v) is 8.15. The lowest BCUT2D eigenvalue weighted by Crippen LogP contribution is -2.58. The van der Waals surface area contributed by atoms with Crippen LogP contribution in [0.25, 0.3) is 0 Å². The van der Waals surface area contributed by atoms with Gasteiger partial charge in [0, 0.05) is 34.9 Å². The first-order chi connectivity index (χ1) is 19.0. The molecule has 11 heteroatoms. The average molecular weight is 570 g/mol. The zero-order valence-electron chi connectivity index (χ0n) is 22.8. The van der Waals surface area contributed by atoms with Gasteiger partial charge in [-0.05, 0) is 31.0 Å². The Bertz CT molecular complexity index is 1540. The fourth-order valence-corrected chi connectivity index (χ4v) is 6.13. The molecule has 0 bridgehead atoms. The van der Waals surface area contributed by atoms with Crippen LogP contribution in [0, 0.1) is 5.92 Å². The van der Waals surface area contributed by atoms with E-state index in [1.807, 2.05) is 0 Å². The number of carbonyl (C=O) groups is 3. The summed E-state index contributed by atoms with van der Waals surface area (Å²) in [5.41, 5.74) is -0.0702. The Morgan fingerprint density at radius 2 is 1.73 bits per heavy atom. The lowest BCUT2D eigenvalue weighted by atomic mass is 9.65. The summed E-state index contributed by atoms with van der Waals surface area (Å²) in [7, 11) is 5.45. The molecule has 0 aromatic heterocycles. The lowest BCUT2D eigenvalue weighted by molar-refractivity contribution is -0.136. The molecule has 3 atom stereocenters. The van der Waals surface area contributed by atoms with Gasteiger partial charge in [-0.25, -0.2) is 4.79 Å². The van der Waals surface area contributed by atoms with E-state index in [0.29, 0.717) is 17.0 Å². The Morgan fingerprint density at radius 1 is 1.05 bits per heavy atom. The monoisotopic (exact) mass is 569 g/mol. The largest absolute Gasteiger partial charge is 0.504 e. The van der Waals surface area contributed by atoms with Gasteiger partial charge in [-0.1, -0.05) is 24.6 Å². The van der Waals surface area contributed by atoms with E-state index in [9.17, 15) is 19.5 Å². The summed E-state index contributed by atoms with van der Waals surface area (Å²) < 4.78 is 27.5. The van der Waals surface area contributed by atoms with Gasteiger partial charge < -0.3 is 34.1 Å². The maximum Gasteiger partial charge on any atom is 0.336 e. The number of fused-ring (bicyclic) bond motifs is 1. The van der Waals surface area contributed by atoms with Crippen molar-refractivity contribution in [3.63, 3.8) is 0 Å². The number of halogens is 1. The SMILES string of the molecule is COC(=O)C1=C(C)NC2=C(C(=O)[C@@]3(Oc4c(Cl)c(OC)cc(OC)c4C3=O)[C@H](C)C2)[C@H]1c1ccc(O)c(OC)c1. The average Bonchev–Trinajstić information content (AvgIpc) is 3.26. The van der Waals surface area contributed by atoms with Crippen molar-refractivity contribution in [1.29, 1.82) is 0 Å². The minimum atomic E-state index is -1.97. The van der Waals surface area contributed by atoms with Crippen molar-refractivity contribution in [2.24, 2.45) is 5.92 Å². The molecule has 0 unspecified atom stereocenters. The summed E-state index contributed by atoms with van der Waals surface area (Å²) in [5, 5.41) is 13.5. The zero-order valence-corrected chi connectivity index (χ0v) is 23.5. The second kappa shape index (κ2) is 9.78. The van der Waals surface area contributed by atoms with Crippen molar-refractivity contribution < 1.29 is 43.2 Å². The molecule has 1 spiro atoms. The summed E-state index contributed by atoms with van der Waals surface area (Å²) in [5.74, 6) is -3.06. The minimum Gasteiger partial charge on any atom is -0.504 e. The molecule has 2 heterocycles. The Balaban J connectivity index is 1.73. The topological polar surface area (TPSA) is 130 Å². The first-order valence-corrected chi connectivity index (χ1v) is 12.8. The molecule has 0 amide bonds. The molecule has 0 radical (unpaired) electrons.